The molecule has 0 aromatic carbocycles. The van der Waals surface area contributed by atoms with E-state index in [0.717, 1.165) is 0 Å². The first-order valence-electron chi connectivity index (χ1n) is 6.17. The second kappa shape index (κ2) is 6.00. The van der Waals surface area contributed by atoms with Crippen molar-refractivity contribution >= 4 is 11.8 Å². The number of carbonyl (C=O) groups excluding carboxylic acids is 2. The molecule has 2 N–H and O–H groups in total. The number of aliphatic hydroxyl groups excluding tert-OH is 1. The van der Waals surface area contributed by atoms with Crippen LogP contribution in [0.3, 0.4) is 0 Å². The van der Waals surface area contributed by atoms with Crippen LogP contribution in [0.2, 0.25) is 0 Å². The molecule has 5 heteroatoms. The predicted molar refractivity (Wildman–Crippen MR) is 64.3 cm³/mol. The lowest BCUT2D eigenvalue weighted by Gasteiger charge is -2.20. The van der Waals surface area contributed by atoms with Gasteiger partial charge in [-0.05, 0) is 27.2 Å². The van der Waals surface area contributed by atoms with Gasteiger partial charge in [0.2, 0.25) is 11.8 Å². The van der Waals surface area contributed by atoms with Crippen molar-refractivity contribution in [3.8, 4) is 0 Å². The van der Waals surface area contributed by atoms with Crippen LogP contribution in [-0.4, -0.2) is 47.1 Å². The number of hydrogen-bond acceptors (Lipinski definition) is 3. The Hall–Kier alpha value is -1.10. The van der Waals surface area contributed by atoms with Crippen LogP contribution < -0.4 is 5.32 Å². The van der Waals surface area contributed by atoms with Gasteiger partial charge in [-0.3, -0.25) is 9.59 Å². The van der Waals surface area contributed by atoms with Crippen LogP contribution in [0.1, 0.15) is 33.6 Å². The highest BCUT2D eigenvalue weighted by molar-refractivity contribution is 5.89. The Bertz CT molecular complexity index is 289. The molecule has 17 heavy (non-hydrogen) atoms. The molecule has 98 valence electrons. The number of nitrogens with zero attached hydrogens (tertiary/aromatic N) is 1. The second-order valence-electron chi connectivity index (χ2n) is 4.97. The summed E-state index contributed by atoms with van der Waals surface area (Å²) in [7, 11) is 0. The highest BCUT2D eigenvalue weighted by atomic mass is 16.3. The van der Waals surface area contributed by atoms with E-state index in [1.807, 2.05) is 13.8 Å². The lowest BCUT2D eigenvalue weighted by atomic mass is 10.1. The minimum Gasteiger partial charge on any atom is -0.393 e. The third-order valence-corrected chi connectivity index (χ3v) is 3.01. The van der Waals surface area contributed by atoms with Gasteiger partial charge < -0.3 is 15.3 Å². The van der Waals surface area contributed by atoms with Crippen LogP contribution in [-0.2, 0) is 9.59 Å². The van der Waals surface area contributed by atoms with Crippen molar-refractivity contribution in [2.24, 2.45) is 5.92 Å². The minimum absolute atomic E-state index is 0.0516. The molecule has 0 spiro atoms. The molecule has 0 radical (unpaired) electrons. The first-order chi connectivity index (χ1) is 7.91. The first-order valence-corrected chi connectivity index (χ1v) is 6.17. The van der Waals surface area contributed by atoms with Crippen LogP contribution in [0.25, 0.3) is 0 Å². The molecule has 2 amide bonds. The van der Waals surface area contributed by atoms with Crippen molar-refractivity contribution < 1.29 is 14.7 Å². The smallest absolute Gasteiger partial charge is 0.225 e. The molecule has 1 heterocycles. The fraction of sp³-hybridized carbons (Fsp3) is 0.833. The molecule has 1 aliphatic rings. The van der Waals surface area contributed by atoms with Gasteiger partial charge in [0.15, 0.2) is 0 Å². The van der Waals surface area contributed by atoms with Gasteiger partial charge >= 0.3 is 0 Å². The van der Waals surface area contributed by atoms with E-state index in [1.165, 1.54) is 0 Å². The number of hydrogen-bond donors (Lipinski definition) is 2. The quantitative estimate of drug-likeness (QED) is 0.720. The van der Waals surface area contributed by atoms with E-state index in [4.69, 9.17) is 5.11 Å². The van der Waals surface area contributed by atoms with Gasteiger partial charge in [-0.1, -0.05) is 0 Å². The molecule has 0 saturated carbocycles. The number of amides is 2. The number of likely N-dealkylation sites (tertiary alicyclic amines) is 1. The monoisotopic (exact) mass is 242 g/mol. The summed E-state index contributed by atoms with van der Waals surface area (Å²) in [6.45, 7) is 6.56. The van der Waals surface area contributed by atoms with Crippen LogP contribution in [0.15, 0.2) is 0 Å². The van der Waals surface area contributed by atoms with E-state index in [2.05, 4.69) is 5.32 Å². The highest BCUT2D eigenvalue weighted by Crippen LogP contribution is 2.20. The second-order valence-corrected chi connectivity index (χ2v) is 4.97. The Morgan fingerprint density at radius 1 is 1.53 bits per heavy atom. The van der Waals surface area contributed by atoms with Crippen LogP contribution in [0, 0.1) is 5.92 Å². The fourth-order valence-corrected chi connectivity index (χ4v) is 1.95. The summed E-state index contributed by atoms with van der Waals surface area (Å²) in [5.74, 6) is -0.267. The molecule has 1 saturated heterocycles. The van der Waals surface area contributed by atoms with E-state index in [1.54, 1.807) is 11.8 Å². The molecule has 0 aliphatic carbocycles. The van der Waals surface area contributed by atoms with Crippen LogP contribution in [0.5, 0.6) is 0 Å². The number of nitrogens with one attached hydrogen (secondary N) is 1. The Morgan fingerprint density at radius 3 is 2.65 bits per heavy atom. The van der Waals surface area contributed by atoms with Crippen molar-refractivity contribution in [1.29, 1.82) is 0 Å². The SMILES string of the molecule is CC(O)CCNC(=O)C1CC(=O)N(C(C)C)C1. The Balaban J connectivity index is 2.37. The van der Waals surface area contributed by atoms with Gasteiger partial charge in [-0.2, -0.15) is 0 Å². The predicted octanol–water partition coefficient (Wildman–Crippen LogP) is 0.130. The molecule has 1 rings (SSSR count). The van der Waals surface area contributed by atoms with Crippen molar-refractivity contribution in [3.05, 3.63) is 0 Å². The third-order valence-electron chi connectivity index (χ3n) is 3.01. The van der Waals surface area contributed by atoms with Gasteiger partial charge in [0.25, 0.3) is 0 Å². The highest BCUT2D eigenvalue weighted by Gasteiger charge is 2.35. The molecule has 0 aromatic rings. The van der Waals surface area contributed by atoms with Crippen molar-refractivity contribution in [1.82, 2.24) is 10.2 Å². The number of aliphatic hydroxyl groups is 1. The standard InChI is InChI=1S/C12H22N2O3/c1-8(2)14-7-10(6-11(14)16)12(17)13-5-4-9(3)15/h8-10,15H,4-7H2,1-3H3,(H,13,17). The zero-order chi connectivity index (χ0) is 13.0. The zero-order valence-electron chi connectivity index (χ0n) is 10.8. The van der Waals surface area contributed by atoms with E-state index in [-0.39, 0.29) is 23.8 Å². The zero-order valence-corrected chi connectivity index (χ0v) is 10.8. The van der Waals surface area contributed by atoms with Crippen LogP contribution in [0.4, 0.5) is 0 Å². The lowest BCUT2D eigenvalue weighted by Crippen LogP contribution is -2.36. The summed E-state index contributed by atoms with van der Waals surface area (Å²) in [6.07, 6.45) is 0.437. The largest absolute Gasteiger partial charge is 0.393 e. The summed E-state index contributed by atoms with van der Waals surface area (Å²) in [5, 5.41) is 11.8. The average Bonchev–Trinajstić information content (AvgIpc) is 2.59. The molecular weight excluding hydrogens is 220 g/mol. The van der Waals surface area contributed by atoms with Gasteiger partial charge in [0, 0.05) is 25.6 Å². The molecule has 1 aliphatic heterocycles. The van der Waals surface area contributed by atoms with Gasteiger partial charge in [0.05, 0.1) is 12.0 Å². The summed E-state index contributed by atoms with van der Waals surface area (Å²) in [5.41, 5.74) is 0. The topological polar surface area (TPSA) is 69.6 Å². The maximum Gasteiger partial charge on any atom is 0.225 e. The fourth-order valence-electron chi connectivity index (χ4n) is 1.95. The Kier molecular flexibility index (Phi) is 4.93. The van der Waals surface area contributed by atoms with E-state index < -0.39 is 6.10 Å². The van der Waals surface area contributed by atoms with Gasteiger partial charge in [-0.15, -0.1) is 0 Å². The van der Waals surface area contributed by atoms with Crippen molar-refractivity contribution in [3.63, 3.8) is 0 Å². The summed E-state index contributed by atoms with van der Waals surface area (Å²) < 4.78 is 0. The minimum atomic E-state index is -0.410. The molecule has 2 atom stereocenters. The first kappa shape index (κ1) is 14.0. The van der Waals surface area contributed by atoms with Gasteiger partial charge in [-0.25, -0.2) is 0 Å². The van der Waals surface area contributed by atoms with E-state index >= 15 is 0 Å². The third kappa shape index (κ3) is 4.00. The molecular formula is C12H22N2O3. The number of carbonyl (C=O) groups is 2. The number of rotatable bonds is 5. The van der Waals surface area contributed by atoms with Crippen molar-refractivity contribution in [2.75, 3.05) is 13.1 Å². The molecule has 0 aromatic heterocycles. The van der Waals surface area contributed by atoms with Gasteiger partial charge in [0.1, 0.15) is 0 Å². The Morgan fingerprint density at radius 2 is 2.18 bits per heavy atom. The average molecular weight is 242 g/mol. The maximum atomic E-state index is 11.8. The summed E-state index contributed by atoms with van der Waals surface area (Å²) in [6, 6.07) is 0.151. The molecule has 2 unspecified atom stereocenters. The normalized spacial score (nSPS) is 22.1. The maximum absolute atomic E-state index is 11.8. The summed E-state index contributed by atoms with van der Waals surface area (Å²) >= 11 is 0. The van der Waals surface area contributed by atoms with Crippen molar-refractivity contribution in [2.45, 2.75) is 45.8 Å². The molecule has 0 bridgehead atoms. The Labute approximate surface area is 102 Å². The summed E-state index contributed by atoms with van der Waals surface area (Å²) in [4.78, 5) is 25.1. The molecule has 1 fully saturated rings. The van der Waals surface area contributed by atoms with E-state index in [0.29, 0.717) is 25.9 Å². The molecule has 5 nitrogen and oxygen atoms in total. The van der Waals surface area contributed by atoms with E-state index in [9.17, 15) is 9.59 Å². The lowest BCUT2D eigenvalue weighted by molar-refractivity contribution is -0.129. The van der Waals surface area contributed by atoms with Crippen LogP contribution >= 0.6 is 0 Å².